The topological polar surface area (TPSA) is 34.5 Å². The fourth-order valence-electron chi connectivity index (χ4n) is 3.66. The van der Waals surface area contributed by atoms with Crippen LogP contribution in [-0.4, -0.2) is 28.0 Å². The van der Waals surface area contributed by atoms with Gasteiger partial charge in [-0.25, -0.2) is 0 Å². The van der Waals surface area contributed by atoms with Crippen LogP contribution in [0.2, 0.25) is 0 Å². The van der Waals surface area contributed by atoms with Crippen molar-refractivity contribution >= 4 is 5.91 Å². The van der Waals surface area contributed by atoms with Crippen LogP contribution >= 0.6 is 0 Å². The third kappa shape index (κ3) is 6.25. The second-order valence-corrected chi connectivity index (χ2v) is 8.76. The van der Waals surface area contributed by atoms with Gasteiger partial charge in [0.25, 0.3) is 5.91 Å². The molecule has 0 radical (unpaired) electrons. The van der Waals surface area contributed by atoms with E-state index >= 15 is 0 Å². The minimum atomic E-state index is 0.0544. The predicted octanol–water partition coefficient (Wildman–Crippen LogP) is 6.40. The van der Waals surface area contributed by atoms with Gasteiger partial charge in [-0.2, -0.15) is 0 Å². The quantitative estimate of drug-likeness (QED) is 0.329. The molecule has 32 heavy (non-hydrogen) atoms. The summed E-state index contributed by atoms with van der Waals surface area (Å²) in [5.41, 5.74) is 3.08. The summed E-state index contributed by atoms with van der Waals surface area (Å²) in [6.07, 6.45) is 4.22. The summed E-state index contributed by atoms with van der Waals surface area (Å²) in [4.78, 5) is 15.5. The summed E-state index contributed by atoms with van der Waals surface area (Å²) in [5.74, 6) is 1.22. The zero-order valence-corrected chi connectivity index (χ0v) is 19.8. The molecular weight excluding hydrogens is 396 g/mol. The minimum absolute atomic E-state index is 0.0544. The molecule has 1 aromatic heterocycles. The summed E-state index contributed by atoms with van der Waals surface area (Å²) < 4.78 is 7.99. The molecule has 0 saturated carbocycles. The SMILES string of the molecule is CCCCOc1ccc(C(=O)N(Cc2cccn2Cc2ccccc2)[C@H](C)C(C)C)cc1. The second kappa shape index (κ2) is 11.6. The third-order valence-electron chi connectivity index (χ3n) is 6.04. The molecule has 0 N–H and O–H groups in total. The standard InChI is InChI=1S/C28H36N2O2/c1-5-6-19-32-27-16-14-25(15-17-27)28(31)30(23(4)22(2)3)21-26-13-10-18-29(26)20-24-11-8-7-9-12-24/h7-18,22-23H,5-6,19-21H2,1-4H3/t23-/m1/s1. The molecule has 1 atom stereocenters. The molecule has 4 heteroatoms. The maximum absolute atomic E-state index is 13.5. The maximum atomic E-state index is 13.5. The van der Waals surface area contributed by atoms with Gasteiger partial charge in [0.15, 0.2) is 0 Å². The van der Waals surface area contributed by atoms with Gasteiger partial charge in [-0.3, -0.25) is 4.79 Å². The van der Waals surface area contributed by atoms with E-state index in [0.717, 1.165) is 30.8 Å². The van der Waals surface area contributed by atoms with E-state index in [4.69, 9.17) is 4.74 Å². The van der Waals surface area contributed by atoms with Crippen molar-refractivity contribution in [3.63, 3.8) is 0 Å². The van der Waals surface area contributed by atoms with Gasteiger partial charge in [0.2, 0.25) is 0 Å². The monoisotopic (exact) mass is 432 g/mol. The lowest BCUT2D eigenvalue weighted by Gasteiger charge is -2.32. The fourth-order valence-corrected chi connectivity index (χ4v) is 3.66. The molecule has 3 aromatic rings. The highest BCUT2D eigenvalue weighted by atomic mass is 16.5. The Morgan fingerprint density at radius 1 is 0.969 bits per heavy atom. The number of unbranched alkanes of at least 4 members (excludes halogenated alkanes) is 1. The van der Waals surface area contributed by atoms with E-state index in [-0.39, 0.29) is 11.9 Å². The van der Waals surface area contributed by atoms with Gasteiger partial charge in [0.1, 0.15) is 5.75 Å². The Labute approximate surface area is 192 Å². The van der Waals surface area contributed by atoms with Gasteiger partial charge >= 0.3 is 0 Å². The molecule has 0 fully saturated rings. The molecule has 3 rings (SSSR count). The highest BCUT2D eigenvalue weighted by Gasteiger charge is 2.25. The molecule has 0 saturated heterocycles. The average Bonchev–Trinajstić information content (AvgIpc) is 3.24. The van der Waals surface area contributed by atoms with Crippen LogP contribution < -0.4 is 4.74 Å². The van der Waals surface area contributed by atoms with Gasteiger partial charge in [0.05, 0.1) is 13.2 Å². The number of carbonyl (C=O) groups excluding carboxylic acids is 1. The van der Waals surface area contributed by atoms with E-state index in [0.29, 0.717) is 24.6 Å². The summed E-state index contributed by atoms with van der Waals surface area (Å²) in [6.45, 7) is 10.7. The predicted molar refractivity (Wildman–Crippen MR) is 131 cm³/mol. The molecule has 170 valence electrons. The third-order valence-corrected chi connectivity index (χ3v) is 6.04. The van der Waals surface area contributed by atoms with Crippen LogP contribution in [0.4, 0.5) is 0 Å². The molecule has 0 aliphatic rings. The highest BCUT2D eigenvalue weighted by molar-refractivity contribution is 5.94. The zero-order chi connectivity index (χ0) is 22.9. The average molecular weight is 433 g/mol. The van der Waals surface area contributed by atoms with Gasteiger partial charge in [-0.05, 0) is 61.2 Å². The Morgan fingerprint density at radius 3 is 2.34 bits per heavy atom. The number of amides is 1. The number of aromatic nitrogens is 1. The summed E-state index contributed by atoms with van der Waals surface area (Å²) in [6, 6.07) is 22.3. The van der Waals surface area contributed by atoms with Crippen LogP contribution in [-0.2, 0) is 13.1 Å². The molecule has 4 nitrogen and oxygen atoms in total. The smallest absolute Gasteiger partial charge is 0.254 e. The van der Waals surface area contributed by atoms with Crippen molar-refractivity contribution < 1.29 is 9.53 Å². The molecule has 2 aromatic carbocycles. The second-order valence-electron chi connectivity index (χ2n) is 8.76. The van der Waals surface area contributed by atoms with Crippen molar-refractivity contribution in [2.45, 2.75) is 59.7 Å². The molecule has 1 amide bonds. The number of carbonyl (C=O) groups is 1. The van der Waals surface area contributed by atoms with E-state index in [2.05, 4.69) is 74.9 Å². The molecule has 0 bridgehead atoms. The lowest BCUT2D eigenvalue weighted by molar-refractivity contribution is 0.0622. The Kier molecular flexibility index (Phi) is 8.55. The molecule has 0 unspecified atom stereocenters. The van der Waals surface area contributed by atoms with E-state index in [9.17, 15) is 4.79 Å². The van der Waals surface area contributed by atoms with Crippen LogP contribution in [0, 0.1) is 5.92 Å². The highest BCUT2D eigenvalue weighted by Crippen LogP contribution is 2.21. The number of hydrogen-bond acceptors (Lipinski definition) is 2. The van der Waals surface area contributed by atoms with E-state index < -0.39 is 0 Å². The van der Waals surface area contributed by atoms with Gasteiger partial charge in [-0.15, -0.1) is 0 Å². The Morgan fingerprint density at radius 2 is 1.69 bits per heavy atom. The van der Waals surface area contributed by atoms with Crippen LogP contribution in [0.15, 0.2) is 72.9 Å². The minimum Gasteiger partial charge on any atom is -0.494 e. The lowest BCUT2D eigenvalue weighted by Crippen LogP contribution is -2.41. The van der Waals surface area contributed by atoms with Crippen LogP contribution in [0.5, 0.6) is 5.75 Å². The molecule has 0 aliphatic heterocycles. The van der Waals surface area contributed by atoms with Gasteiger partial charge < -0.3 is 14.2 Å². The van der Waals surface area contributed by atoms with Gasteiger partial charge in [0, 0.05) is 30.0 Å². The van der Waals surface area contributed by atoms with Crippen LogP contribution in [0.1, 0.15) is 62.2 Å². The number of rotatable bonds is 11. The fraction of sp³-hybridized carbons (Fsp3) is 0.393. The Balaban J connectivity index is 1.77. The number of hydrogen-bond donors (Lipinski definition) is 0. The molecule has 0 spiro atoms. The number of ether oxygens (including phenoxy) is 1. The van der Waals surface area contributed by atoms with Crippen molar-refractivity contribution in [1.82, 2.24) is 9.47 Å². The molecular formula is C28H36N2O2. The van der Waals surface area contributed by atoms with E-state index in [1.807, 2.05) is 35.2 Å². The first-order valence-corrected chi connectivity index (χ1v) is 11.7. The first-order valence-electron chi connectivity index (χ1n) is 11.7. The maximum Gasteiger partial charge on any atom is 0.254 e. The summed E-state index contributed by atoms with van der Waals surface area (Å²) in [7, 11) is 0. The lowest BCUT2D eigenvalue weighted by atomic mass is 10.0. The Hall–Kier alpha value is -3.01. The normalized spacial score (nSPS) is 12.0. The largest absolute Gasteiger partial charge is 0.494 e. The molecule has 0 aliphatic carbocycles. The van der Waals surface area contributed by atoms with E-state index in [1.54, 1.807) is 0 Å². The molecule has 1 heterocycles. The van der Waals surface area contributed by atoms with Crippen LogP contribution in [0.3, 0.4) is 0 Å². The number of nitrogens with zero attached hydrogens (tertiary/aromatic N) is 2. The summed E-state index contributed by atoms with van der Waals surface area (Å²) >= 11 is 0. The van der Waals surface area contributed by atoms with E-state index in [1.165, 1.54) is 5.56 Å². The zero-order valence-electron chi connectivity index (χ0n) is 19.8. The Bertz CT molecular complexity index is 961. The first kappa shape index (κ1) is 23.6. The van der Waals surface area contributed by atoms with Gasteiger partial charge in [-0.1, -0.05) is 57.5 Å². The first-order chi connectivity index (χ1) is 15.5. The van der Waals surface area contributed by atoms with Crippen LogP contribution in [0.25, 0.3) is 0 Å². The van der Waals surface area contributed by atoms with Crippen molar-refractivity contribution in [2.24, 2.45) is 5.92 Å². The van der Waals surface area contributed by atoms with Crippen molar-refractivity contribution in [3.8, 4) is 5.75 Å². The summed E-state index contributed by atoms with van der Waals surface area (Å²) in [5, 5.41) is 0. The number of benzene rings is 2. The van der Waals surface area contributed by atoms with Crippen molar-refractivity contribution in [2.75, 3.05) is 6.61 Å². The van der Waals surface area contributed by atoms with Crippen molar-refractivity contribution in [1.29, 1.82) is 0 Å². The van der Waals surface area contributed by atoms with Crippen molar-refractivity contribution in [3.05, 3.63) is 89.7 Å².